The summed E-state index contributed by atoms with van der Waals surface area (Å²) in [5.41, 5.74) is 1.01. The molecule has 0 aliphatic rings. The summed E-state index contributed by atoms with van der Waals surface area (Å²) in [7, 11) is 0. The molecule has 1 unspecified atom stereocenters. The predicted octanol–water partition coefficient (Wildman–Crippen LogP) is 3.12. The van der Waals surface area contributed by atoms with Gasteiger partial charge in [0, 0.05) is 6.20 Å². The molecule has 140 valence electrons. The SMILES string of the molecule is O=C(O)NC(c1ccccc1)c1nc2cccc(Cl)c2c(=O)n1-c1cn[nH]c1. The molecule has 4 aromatic rings. The van der Waals surface area contributed by atoms with Crippen molar-refractivity contribution in [2.75, 3.05) is 0 Å². The Morgan fingerprint density at radius 3 is 2.64 bits per heavy atom. The van der Waals surface area contributed by atoms with Crippen LogP contribution >= 0.6 is 11.6 Å². The van der Waals surface area contributed by atoms with Gasteiger partial charge in [-0.25, -0.2) is 9.78 Å². The third kappa shape index (κ3) is 3.10. The van der Waals surface area contributed by atoms with Crippen LogP contribution in [0.1, 0.15) is 17.4 Å². The second-order valence-electron chi connectivity index (χ2n) is 5.99. The van der Waals surface area contributed by atoms with E-state index in [4.69, 9.17) is 11.6 Å². The number of amides is 1. The van der Waals surface area contributed by atoms with E-state index in [1.807, 2.05) is 6.07 Å². The zero-order valence-corrected chi connectivity index (χ0v) is 15.1. The second-order valence-corrected chi connectivity index (χ2v) is 6.40. The average molecular weight is 396 g/mol. The fraction of sp³-hybridized carbons (Fsp3) is 0.0526. The van der Waals surface area contributed by atoms with Crippen LogP contribution < -0.4 is 10.9 Å². The van der Waals surface area contributed by atoms with Crippen molar-refractivity contribution in [1.29, 1.82) is 0 Å². The van der Waals surface area contributed by atoms with Crippen LogP contribution in [-0.2, 0) is 0 Å². The van der Waals surface area contributed by atoms with Gasteiger partial charge >= 0.3 is 6.09 Å². The molecule has 28 heavy (non-hydrogen) atoms. The number of halogens is 1. The van der Waals surface area contributed by atoms with E-state index < -0.39 is 17.7 Å². The van der Waals surface area contributed by atoms with Gasteiger partial charge in [-0.05, 0) is 17.7 Å². The van der Waals surface area contributed by atoms with Crippen molar-refractivity contribution in [2.24, 2.45) is 0 Å². The fourth-order valence-electron chi connectivity index (χ4n) is 3.08. The first-order chi connectivity index (χ1) is 13.6. The number of nitrogens with one attached hydrogen (secondary N) is 2. The van der Waals surface area contributed by atoms with Gasteiger partial charge in [0.05, 0.1) is 27.8 Å². The number of rotatable bonds is 4. The Morgan fingerprint density at radius 1 is 1.18 bits per heavy atom. The number of aromatic nitrogens is 4. The molecule has 0 bridgehead atoms. The molecule has 0 spiro atoms. The molecule has 0 aliphatic carbocycles. The molecule has 1 amide bonds. The first-order valence-corrected chi connectivity index (χ1v) is 8.69. The molecule has 0 saturated carbocycles. The largest absolute Gasteiger partial charge is 0.465 e. The van der Waals surface area contributed by atoms with Gasteiger partial charge in [0.15, 0.2) is 0 Å². The summed E-state index contributed by atoms with van der Waals surface area (Å²) in [6, 6.07) is 13.0. The van der Waals surface area contributed by atoms with Crippen LogP contribution in [-0.4, -0.2) is 30.9 Å². The van der Waals surface area contributed by atoms with Crippen LogP contribution in [0, 0.1) is 0 Å². The number of carbonyl (C=O) groups is 1. The van der Waals surface area contributed by atoms with Crippen molar-refractivity contribution < 1.29 is 9.90 Å². The lowest BCUT2D eigenvalue weighted by atomic mass is 10.1. The predicted molar refractivity (Wildman–Crippen MR) is 104 cm³/mol. The normalized spacial score (nSPS) is 12.0. The molecular formula is C19H14ClN5O3. The number of carboxylic acid groups (broad SMARTS) is 1. The maximum absolute atomic E-state index is 13.3. The van der Waals surface area contributed by atoms with E-state index in [-0.39, 0.29) is 16.2 Å². The Balaban J connectivity index is 2.08. The summed E-state index contributed by atoms with van der Waals surface area (Å²) < 4.78 is 1.31. The molecule has 9 heteroatoms. The van der Waals surface area contributed by atoms with E-state index in [0.717, 1.165) is 0 Å². The van der Waals surface area contributed by atoms with Gasteiger partial charge in [-0.2, -0.15) is 5.10 Å². The van der Waals surface area contributed by atoms with E-state index in [1.165, 1.54) is 17.0 Å². The molecule has 0 radical (unpaired) electrons. The summed E-state index contributed by atoms with van der Waals surface area (Å²) in [6.45, 7) is 0. The Hall–Kier alpha value is -3.65. The summed E-state index contributed by atoms with van der Waals surface area (Å²) in [5, 5.41) is 18.9. The van der Waals surface area contributed by atoms with Gasteiger partial charge in [-0.1, -0.05) is 48.0 Å². The van der Waals surface area contributed by atoms with Crippen LogP contribution in [0.2, 0.25) is 5.02 Å². The molecule has 1 atom stereocenters. The lowest BCUT2D eigenvalue weighted by Crippen LogP contribution is -2.34. The molecule has 2 aromatic carbocycles. The molecule has 0 fully saturated rings. The van der Waals surface area contributed by atoms with Crippen molar-refractivity contribution in [3.05, 3.63) is 87.7 Å². The Kier molecular flexibility index (Phi) is 4.54. The lowest BCUT2D eigenvalue weighted by Gasteiger charge is -2.21. The molecule has 8 nitrogen and oxygen atoms in total. The number of fused-ring (bicyclic) bond motifs is 1. The number of H-pyrrole nitrogens is 1. The van der Waals surface area contributed by atoms with Crippen LogP contribution in [0.4, 0.5) is 4.79 Å². The molecular weight excluding hydrogens is 382 g/mol. The fourth-order valence-corrected chi connectivity index (χ4v) is 3.33. The van der Waals surface area contributed by atoms with Gasteiger partial charge in [0.2, 0.25) is 0 Å². The zero-order chi connectivity index (χ0) is 19.7. The van der Waals surface area contributed by atoms with Crippen molar-refractivity contribution in [1.82, 2.24) is 25.1 Å². The third-order valence-electron chi connectivity index (χ3n) is 4.27. The summed E-state index contributed by atoms with van der Waals surface area (Å²) >= 11 is 6.24. The maximum Gasteiger partial charge on any atom is 0.405 e. The van der Waals surface area contributed by atoms with Crippen LogP contribution in [0.3, 0.4) is 0 Å². The van der Waals surface area contributed by atoms with Crippen LogP contribution in [0.25, 0.3) is 16.6 Å². The second kappa shape index (κ2) is 7.16. The van der Waals surface area contributed by atoms with E-state index in [9.17, 15) is 14.7 Å². The Bertz CT molecular complexity index is 1210. The highest BCUT2D eigenvalue weighted by Crippen LogP contribution is 2.26. The van der Waals surface area contributed by atoms with Crippen LogP contribution in [0.5, 0.6) is 0 Å². The number of hydrogen-bond donors (Lipinski definition) is 3. The molecule has 3 N–H and O–H groups in total. The lowest BCUT2D eigenvalue weighted by molar-refractivity contribution is 0.191. The monoisotopic (exact) mass is 395 g/mol. The van der Waals surface area contributed by atoms with Crippen molar-refractivity contribution in [3.63, 3.8) is 0 Å². The maximum atomic E-state index is 13.3. The summed E-state index contributed by atoms with van der Waals surface area (Å²) in [5.74, 6) is 0.203. The van der Waals surface area contributed by atoms with E-state index in [2.05, 4.69) is 20.5 Å². The van der Waals surface area contributed by atoms with E-state index in [0.29, 0.717) is 16.8 Å². The first kappa shape index (κ1) is 17.7. The first-order valence-electron chi connectivity index (χ1n) is 8.31. The number of aromatic amines is 1. The Morgan fingerprint density at radius 2 is 1.96 bits per heavy atom. The van der Waals surface area contributed by atoms with Crippen molar-refractivity contribution in [3.8, 4) is 5.69 Å². The number of nitrogens with zero attached hydrogens (tertiary/aromatic N) is 3. The standard InChI is InChI=1S/C19H14ClN5O3/c20-13-7-4-8-14-15(13)18(26)25(12-9-21-22-10-12)17(23-14)16(24-19(27)28)11-5-2-1-3-6-11/h1-10,16,24H,(H,21,22)(H,27,28). The highest BCUT2D eigenvalue weighted by Gasteiger charge is 2.25. The minimum absolute atomic E-state index is 0.203. The minimum Gasteiger partial charge on any atom is -0.465 e. The molecule has 0 aliphatic heterocycles. The molecule has 2 heterocycles. The Labute approximate surface area is 163 Å². The topological polar surface area (TPSA) is 113 Å². The molecule has 0 saturated heterocycles. The van der Waals surface area contributed by atoms with E-state index in [1.54, 1.807) is 42.5 Å². The highest BCUT2D eigenvalue weighted by molar-refractivity contribution is 6.35. The van der Waals surface area contributed by atoms with Gasteiger partial charge in [0.25, 0.3) is 5.56 Å². The average Bonchev–Trinajstić information content (AvgIpc) is 3.20. The summed E-state index contributed by atoms with van der Waals surface area (Å²) in [6.07, 6.45) is 1.74. The number of hydrogen-bond acceptors (Lipinski definition) is 4. The third-order valence-corrected chi connectivity index (χ3v) is 4.59. The highest BCUT2D eigenvalue weighted by atomic mass is 35.5. The van der Waals surface area contributed by atoms with Crippen molar-refractivity contribution >= 4 is 28.6 Å². The quantitative estimate of drug-likeness (QED) is 0.491. The van der Waals surface area contributed by atoms with Gasteiger partial charge in [-0.15, -0.1) is 0 Å². The van der Waals surface area contributed by atoms with Gasteiger partial charge in [-0.3, -0.25) is 14.5 Å². The molecule has 4 rings (SSSR count). The van der Waals surface area contributed by atoms with Gasteiger partial charge < -0.3 is 10.4 Å². The van der Waals surface area contributed by atoms with E-state index >= 15 is 0 Å². The van der Waals surface area contributed by atoms with Gasteiger partial charge in [0.1, 0.15) is 11.9 Å². The van der Waals surface area contributed by atoms with Crippen molar-refractivity contribution in [2.45, 2.75) is 6.04 Å². The zero-order valence-electron chi connectivity index (χ0n) is 14.3. The van der Waals surface area contributed by atoms with Crippen LogP contribution in [0.15, 0.2) is 65.7 Å². The minimum atomic E-state index is -1.24. The number of benzene rings is 2. The smallest absolute Gasteiger partial charge is 0.405 e. The molecule has 2 aromatic heterocycles. The summed E-state index contributed by atoms with van der Waals surface area (Å²) in [4.78, 5) is 29.4.